The highest BCUT2D eigenvalue weighted by molar-refractivity contribution is 5.64. The van der Waals surface area contributed by atoms with Crippen LogP contribution in [0.4, 0.5) is 17.5 Å². The Labute approximate surface area is 69.0 Å². The van der Waals surface area contributed by atoms with Crippen molar-refractivity contribution in [3.63, 3.8) is 0 Å². The zero-order valence-electron chi connectivity index (χ0n) is 6.28. The van der Waals surface area contributed by atoms with Crippen LogP contribution in [0.25, 0.3) is 0 Å². The van der Waals surface area contributed by atoms with Gasteiger partial charge in [0.25, 0.3) is 0 Å². The van der Waals surface area contributed by atoms with E-state index >= 15 is 0 Å². The second-order valence-corrected chi connectivity index (χ2v) is 2.31. The lowest BCUT2D eigenvalue weighted by atomic mass is 10.5. The summed E-state index contributed by atoms with van der Waals surface area (Å²) in [6.45, 7) is 0. The lowest BCUT2D eigenvalue weighted by Gasteiger charge is -1.97. The molecule has 0 saturated heterocycles. The zero-order valence-corrected chi connectivity index (χ0v) is 6.28. The van der Waals surface area contributed by atoms with E-state index in [0.29, 0.717) is 17.5 Å². The largest absolute Gasteiger partial charge is 0.449 e. The van der Waals surface area contributed by atoms with Crippen LogP contribution in [0.3, 0.4) is 0 Å². The second-order valence-electron chi connectivity index (χ2n) is 2.31. The Bertz CT molecular complexity index is 351. The van der Waals surface area contributed by atoms with Gasteiger partial charge in [0.15, 0.2) is 5.88 Å². The van der Waals surface area contributed by atoms with Gasteiger partial charge in [-0.25, -0.2) is 0 Å². The highest BCUT2D eigenvalue weighted by Crippen LogP contribution is 2.23. The molecule has 0 aliphatic carbocycles. The van der Waals surface area contributed by atoms with Crippen LogP contribution in [-0.2, 0) is 0 Å². The van der Waals surface area contributed by atoms with E-state index < -0.39 is 0 Å². The van der Waals surface area contributed by atoms with Crippen molar-refractivity contribution in [2.24, 2.45) is 0 Å². The molecule has 3 N–H and O–H groups in total. The van der Waals surface area contributed by atoms with E-state index in [4.69, 9.17) is 14.6 Å². The van der Waals surface area contributed by atoms with Gasteiger partial charge in [0.2, 0.25) is 5.88 Å². The predicted octanol–water partition coefficient (Wildman–Crippen LogP) is 2.20. The number of nitrogens with two attached hydrogens (primary N) is 1. The van der Waals surface area contributed by atoms with Crippen LogP contribution in [0.2, 0.25) is 0 Å². The van der Waals surface area contributed by atoms with E-state index in [0.717, 1.165) is 0 Å². The van der Waals surface area contributed by atoms with Crippen LogP contribution in [0.15, 0.2) is 39.6 Å². The maximum atomic E-state index is 5.56. The first-order valence-electron chi connectivity index (χ1n) is 3.50. The molecular weight excluding hydrogens is 156 g/mol. The molecule has 0 bridgehead atoms. The maximum Gasteiger partial charge on any atom is 0.222 e. The van der Waals surface area contributed by atoms with Gasteiger partial charge >= 0.3 is 0 Å². The molecule has 0 aliphatic heterocycles. The fourth-order valence-corrected chi connectivity index (χ4v) is 0.882. The van der Waals surface area contributed by atoms with E-state index in [-0.39, 0.29) is 0 Å². The Morgan fingerprint density at radius 2 is 2.08 bits per heavy atom. The van der Waals surface area contributed by atoms with E-state index in [1.165, 1.54) is 6.26 Å². The summed E-state index contributed by atoms with van der Waals surface area (Å²) in [5.74, 6) is 1.11. The summed E-state index contributed by atoms with van der Waals surface area (Å²) in [6, 6.07) is 5.23. The van der Waals surface area contributed by atoms with E-state index in [1.54, 1.807) is 24.5 Å². The summed E-state index contributed by atoms with van der Waals surface area (Å²) in [4.78, 5) is 0. The fourth-order valence-electron chi connectivity index (χ4n) is 0.882. The first kappa shape index (κ1) is 6.84. The van der Waals surface area contributed by atoms with E-state index in [9.17, 15) is 0 Å². The van der Waals surface area contributed by atoms with Crippen molar-refractivity contribution >= 4 is 17.5 Å². The molecule has 0 radical (unpaired) electrons. The molecule has 2 aromatic heterocycles. The van der Waals surface area contributed by atoms with Crippen LogP contribution in [0.5, 0.6) is 0 Å². The van der Waals surface area contributed by atoms with Crippen LogP contribution < -0.4 is 11.1 Å². The van der Waals surface area contributed by atoms with Crippen molar-refractivity contribution in [1.82, 2.24) is 0 Å². The van der Waals surface area contributed by atoms with Gasteiger partial charge in [0, 0.05) is 12.1 Å². The minimum absolute atomic E-state index is 0.505. The lowest BCUT2D eigenvalue weighted by Crippen LogP contribution is -1.90. The van der Waals surface area contributed by atoms with Gasteiger partial charge in [0.1, 0.15) is 0 Å². The Morgan fingerprint density at radius 3 is 2.67 bits per heavy atom. The standard InChI is InChI=1S/C8H8N2O2/c9-6-3-5-12-8(6)10-7-2-1-4-11-7/h1-5,10H,9H2. The van der Waals surface area contributed by atoms with Crippen LogP contribution in [-0.4, -0.2) is 0 Å². The molecule has 0 spiro atoms. The monoisotopic (exact) mass is 164 g/mol. The van der Waals surface area contributed by atoms with Crippen LogP contribution >= 0.6 is 0 Å². The summed E-state index contributed by atoms with van der Waals surface area (Å²) in [7, 11) is 0. The summed E-state index contributed by atoms with van der Waals surface area (Å²) >= 11 is 0. The molecule has 2 heterocycles. The van der Waals surface area contributed by atoms with Gasteiger partial charge < -0.3 is 14.6 Å². The SMILES string of the molecule is Nc1ccoc1Nc1ccco1. The molecule has 12 heavy (non-hydrogen) atoms. The van der Waals surface area contributed by atoms with Crippen molar-refractivity contribution in [3.8, 4) is 0 Å². The molecule has 2 rings (SSSR count). The van der Waals surface area contributed by atoms with Crippen molar-refractivity contribution < 1.29 is 8.83 Å². The average Bonchev–Trinajstić information content (AvgIpc) is 2.65. The molecule has 4 heteroatoms. The van der Waals surface area contributed by atoms with Crippen LogP contribution in [0, 0.1) is 0 Å². The van der Waals surface area contributed by atoms with Crippen molar-refractivity contribution in [3.05, 3.63) is 30.7 Å². The van der Waals surface area contributed by atoms with E-state index in [2.05, 4.69) is 5.32 Å². The molecule has 2 aromatic rings. The zero-order chi connectivity index (χ0) is 8.39. The molecule has 0 fully saturated rings. The highest BCUT2D eigenvalue weighted by Gasteiger charge is 2.03. The molecule has 62 valence electrons. The lowest BCUT2D eigenvalue weighted by molar-refractivity contribution is 0.560. The molecule has 0 unspecified atom stereocenters. The Balaban J connectivity index is 2.20. The first-order chi connectivity index (χ1) is 5.86. The Morgan fingerprint density at radius 1 is 1.17 bits per heavy atom. The third-order valence-electron chi connectivity index (χ3n) is 1.45. The number of nitrogens with one attached hydrogen (secondary N) is 1. The Hall–Kier alpha value is -1.84. The summed E-state index contributed by atoms with van der Waals surface area (Å²) in [5.41, 5.74) is 6.12. The summed E-state index contributed by atoms with van der Waals surface area (Å²) < 4.78 is 10.1. The molecule has 0 atom stereocenters. The molecule has 0 saturated carbocycles. The quantitative estimate of drug-likeness (QED) is 0.714. The molecule has 0 amide bonds. The molecule has 0 aromatic carbocycles. The molecule has 0 aliphatic rings. The van der Waals surface area contributed by atoms with Crippen LogP contribution in [0.1, 0.15) is 0 Å². The maximum absolute atomic E-state index is 5.56. The van der Waals surface area contributed by atoms with Gasteiger partial charge in [0.05, 0.1) is 18.2 Å². The number of rotatable bonds is 2. The number of nitrogen functional groups attached to an aromatic ring is 1. The van der Waals surface area contributed by atoms with Crippen molar-refractivity contribution in [1.29, 1.82) is 0 Å². The van der Waals surface area contributed by atoms with Gasteiger partial charge in [-0.3, -0.25) is 5.32 Å². The van der Waals surface area contributed by atoms with Gasteiger partial charge in [-0.1, -0.05) is 0 Å². The number of anilines is 3. The number of hydrogen-bond donors (Lipinski definition) is 2. The first-order valence-corrected chi connectivity index (χ1v) is 3.50. The minimum atomic E-state index is 0.505. The number of furan rings is 2. The van der Waals surface area contributed by atoms with Gasteiger partial charge in [-0.2, -0.15) is 0 Å². The summed E-state index contributed by atoms with van der Waals surface area (Å²) in [5, 5.41) is 2.87. The third kappa shape index (κ3) is 1.14. The van der Waals surface area contributed by atoms with E-state index in [1.807, 2.05) is 0 Å². The smallest absolute Gasteiger partial charge is 0.222 e. The summed E-state index contributed by atoms with van der Waals surface area (Å²) in [6.07, 6.45) is 3.09. The average molecular weight is 164 g/mol. The van der Waals surface area contributed by atoms with Gasteiger partial charge in [-0.05, 0) is 6.07 Å². The topological polar surface area (TPSA) is 64.3 Å². The van der Waals surface area contributed by atoms with Crippen molar-refractivity contribution in [2.45, 2.75) is 0 Å². The Kier molecular flexibility index (Phi) is 1.51. The predicted molar refractivity (Wildman–Crippen MR) is 45.1 cm³/mol. The number of hydrogen-bond acceptors (Lipinski definition) is 4. The minimum Gasteiger partial charge on any atom is -0.449 e. The third-order valence-corrected chi connectivity index (χ3v) is 1.45. The fraction of sp³-hybridized carbons (Fsp3) is 0. The molecule has 4 nitrogen and oxygen atoms in total. The second kappa shape index (κ2) is 2.65. The molecular formula is C8H8N2O2. The normalized spacial score (nSPS) is 10.0. The highest BCUT2D eigenvalue weighted by atomic mass is 16.4. The van der Waals surface area contributed by atoms with Gasteiger partial charge in [-0.15, -0.1) is 0 Å². The van der Waals surface area contributed by atoms with Crippen molar-refractivity contribution in [2.75, 3.05) is 11.1 Å².